The number of nitrogens with one attached hydrogen (secondary N) is 2. The van der Waals surface area contributed by atoms with Crippen molar-refractivity contribution in [2.45, 2.75) is 11.1 Å². The third kappa shape index (κ3) is 3.23. The third-order valence-corrected chi connectivity index (χ3v) is 4.95. The average molecular weight is 390 g/mol. The molecular formula is C15H10F4N2O4S. The van der Waals surface area contributed by atoms with Crippen LogP contribution in [0.15, 0.2) is 41.3 Å². The molecule has 11 heteroatoms. The number of amides is 2. The number of rotatable bonds is 2. The molecule has 0 saturated carbocycles. The Hall–Kier alpha value is -2.63. The number of carbonyl (C=O) groups is 2. The number of alkyl halides is 3. The van der Waals surface area contributed by atoms with Crippen LogP contribution >= 0.6 is 10.8 Å². The Morgan fingerprint density at radius 1 is 1.15 bits per heavy atom. The van der Waals surface area contributed by atoms with Gasteiger partial charge < -0.3 is 5.32 Å². The summed E-state index contributed by atoms with van der Waals surface area (Å²) in [4.78, 5) is 24.0. The van der Waals surface area contributed by atoms with E-state index in [1.54, 1.807) is 0 Å². The molecular weight excluding hydrogens is 380 g/mol. The Balaban J connectivity index is 1.97. The summed E-state index contributed by atoms with van der Waals surface area (Å²) >= 11 is 0. The molecule has 0 unspecified atom stereocenters. The molecule has 0 saturated heterocycles. The second-order valence-corrected chi connectivity index (χ2v) is 7.08. The van der Waals surface area contributed by atoms with Gasteiger partial charge in [0.2, 0.25) is 0 Å². The summed E-state index contributed by atoms with van der Waals surface area (Å²) in [5.41, 5.74) is -2.33. The first-order valence-corrected chi connectivity index (χ1v) is 8.46. The van der Waals surface area contributed by atoms with Crippen molar-refractivity contribution in [3.63, 3.8) is 0 Å². The van der Waals surface area contributed by atoms with E-state index in [0.717, 1.165) is 0 Å². The summed E-state index contributed by atoms with van der Waals surface area (Å²) in [6.45, 7) is 0. The Kier molecular flexibility index (Phi) is 4.17. The van der Waals surface area contributed by atoms with E-state index < -0.39 is 45.7 Å². The number of carbonyl (C=O) groups excluding carboxylic acids is 2. The highest BCUT2D eigenvalue weighted by Crippen LogP contribution is 2.52. The van der Waals surface area contributed by atoms with Crippen LogP contribution in [0.3, 0.4) is 0 Å². The maximum Gasteiger partial charge on any atom is 0.416 e. The fourth-order valence-electron chi connectivity index (χ4n) is 2.42. The van der Waals surface area contributed by atoms with Gasteiger partial charge in [0.05, 0.1) is 21.7 Å². The molecule has 0 radical (unpaired) electrons. The third-order valence-electron chi connectivity index (χ3n) is 3.53. The maximum atomic E-state index is 13.4. The molecule has 3 rings (SSSR count). The summed E-state index contributed by atoms with van der Waals surface area (Å²) < 4.78 is 73.2. The monoisotopic (exact) mass is 390 g/mol. The molecule has 1 heterocycles. The van der Waals surface area contributed by atoms with Gasteiger partial charge in [-0.3, -0.25) is 18.7 Å². The number of hydrogen-bond donors (Lipinski definition) is 4. The molecule has 2 aromatic carbocycles. The molecule has 2 aromatic rings. The molecule has 4 N–H and O–H groups in total. The van der Waals surface area contributed by atoms with Crippen molar-refractivity contribution in [2.24, 2.45) is 0 Å². The first-order valence-electron chi connectivity index (χ1n) is 6.91. The summed E-state index contributed by atoms with van der Waals surface area (Å²) in [5.74, 6) is -3.22. The molecule has 0 aromatic heterocycles. The fraction of sp³-hybridized carbons (Fsp3) is 0.0667. The predicted molar refractivity (Wildman–Crippen MR) is 84.4 cm³/mol. The van der Waals surface area contributed by atoms with E-state index in [2.05, 4.69) is 5.32 Å². The number of anilines is 1. The van der Waals surface area contributed by atoms with E-state index in [4.69, 9.17) is 0 Å². The van der Waals surface area contributed by atoms with Crippen molar-refractivity contribution in [2.75, 3.05) is 5.32 Å². The van der Waals surface area contributed by atoms with Gasteiger partial charge in [0.1, 0.15) is 5.82 Å². The van der Waals surface area contributed by atoms with E-state index in [1.807, 2.05) is 4.72 Å². The van der Waals surface area contributed by atoms with Gasteiger partial charge in [0, 0.05) is 5.56 Å². The smallest absolute Gasteiger partial charge is 0.321 e. The molecule has 2 amide bonds. The van der Waals surface area contributed by atoms with Crippen LogP contribution in [0.2, 0.25) is 0 Å². The quantitative estimate of drug-likeness (QED) is 0.585. The molecule has 0 spiro atoms. The van der Waals surface area contributed by atoms with Crippen LogP contribution in [0, 0.1) is 5.82 Å². The highest BCUT2D eigenvalue weighted by molar-refractivity contribution is 8.23. The van der Waals surface area contributed by atoms with Crippen molar-refractivity contribution in [1.29, 1.82) is 0 Å². The minimum absolute atomic E-state index is 0.153. The summed E-state index contributed by atoms with van der Waals surface area (Å²) in [6, 6.07) is 5.15. The number of halogens is 4. The summed E-state index contributed by atoms with van der Waals surface area (Å²) in [7, 11) is -3.57. The zero-order valence-electron chi connectivity index (χ0n) is 12.6. The van der Waals surface area contributed by atoms with Gasteiger partial charge in [-0.05, 0) is 30.3 Å². The van der Waals surface area contributed by atoms with Crippen molar-refractivity contribution in [3.05, 3.63) is 58.9 Å². The van der Waals surface area contributed by atoms with Gasteiger partial charge in [-0.25, -0.2) is 9.11 Å². The SMILES string of the molecule is O=C(Nc1cccc2c1C(=O)NS2(O)O)c1cc(F)cc(C(F)(F)F)c1. The Morgan fingerprint density at radius 2 is 1.85 bits per heavy atom. The van der Waals surface area contributed by atoms with E-state index in [-0.39, 0.29) is 22.2 Å². The van der Waals surface area contributed by atoms with Crippen molar-refractivity contribution >= 4 is 28.3 Å². The van der Waals surface area contributed by atoms with Crippen molar-refractivity contribution < 1.29 is 36.3 Å². The molecule has 0 aliphatic carbocycles. The van der Waals surface area contributed by atoms with Gasteiger partial charge in [-0.2, -0.15) is 13.2 Å². The first kappa shape index (κ1) is 18.2. The van der Waals surface area contributed by atoms with Crippen LogP contribution in [0.5, 0.6) is 0 Å². The second kappa shape index (κ2) is 5.97. The minimum atomic E-state index is -4.85. The lowest BCUT2D eigenvalue weighted by atomic mass is 10.1. The van der Waals surface area contributed by atoms with Crippen LogP contribution in [-0.2, 0) is 6.18 Å². The molecule has 0 atom stereocenters. The van der Waals surface area contributed by atoms with Gasteiger partial charge in [-0.1, -0.05) is 16.8 Å². The van der Waals surface area contributed by atoms with E-state index in [9.17, 15) is 36.3 Å². The number of fused-ring (bicyclic) bond motifs is 1. The van der Waals surface area contributed by atoms with E-state index in [1.165, 1.54) is 18.2 Å². The fourth-order valence-corrected chi connectivity index (χ4v) is 3.65. The summed E-state index contributed by atoms with van der Waals surface area (Å²) in [5, 5.41) is 2.19. The normalized spacial score (nSPS) is 16.6. The lowest BCUT2D eigenvalue weighted by Crippen LogP contribution is -2.19. The van der Waals surface area contributed by atoms with Gasteiger partial charge in [-0.15, -0.1) is 0 Å². The number of benzene rings is 2. The lowest BCUT2D eigenvalue weighted by molar-refractivity contribution is -0.137. The average Bonchev–Trinajstić information content (AvgIpc) is 2.76. The highest BCUT2D eigenvalue weighted by atomic mass is 32.3. The number of hydrogen-bond acceptors (Lipinski definition) is 4. The molecule has 1 aliphatic heterocycles. The standard InChI is InChI=1S/C15H10F4N2O4S/c16-9-5-7(4-8(6-9)15(17,18)19)13(22)20-10-2-1-3-11-12(10)14(23)21-26(11,24)25/h1-6,24-25H,(H,20,22)(H,21,23). The Bertz CT molecular complexity index is 930. The van der Waals surface area contributed by atoms with Crippen molar-refractivity contribution in [3.8, 4) is 0 Å². The zero-order valence-corrected chi connectivity index (χ0v) is 13.4. The van der Waals surface area contributed by atoms with Crippen LogP contribution in [-0.4, -0.2) is 20.9 Å². The predicted octanol–water partition coefficient (Wildman–Crippen LogP) is 3.86. The molecule has 26 heavy (non-hydrogen) atoms. The molecule has 138 valence electrons. The maximum absolute atomic E-state index is 13.4. The molecule has 0 fully saturated rings. The first-order chi connectivity index (χ1) is 12.0. The Labute approximate surface area is 145 Å². The summed E-state index contributed by atoms with van der Waals surface area (Å²) in [6.07, 6.45) is -4.85. The lowest BCUT2D eigenvalue weighted by Gasteiger charge is -2.26. The molecule has 0 bridgehead atoms. The minimum Gasteiger partial charge on any atom is -0.321 e. The van der Waals surface area contributed by atoms with Crippen LogP contribution in [0.25, 0.3) is 0 Å². The highest BCUT2D eigenvalue weighted by Gasteiger charge is 2.36. The largest absolute Gasteiger partial charge is 0.416 e. The van der Waals surface area contributed by atoms with E-state index in [0.29, 0.717) is 12.1 Å². The van der Waals surface area contributed by atoms with Gasteiger partial charge in [0.25, 0.3) is 11.8 Å². The van der Waals surface area contributed by atoms with Gasteiger partial charge >= 0.3 is 6.18 Å². The topological polar surface area (TPSA) is 98.7 Å². The van der Waals surface area contributed by atoms with Gasteiger partial charge in [0.15, 0.2) is 0 Å². The zero-order chi connectivity index (χ0) is 19.3. The Morgan fingerprint density at radius 3 is 2.50 bits per heavy atom. The van der Waals surface area contributed by atoms with Crippen LogP contribution < -0.4 is 10.0 Å². The van der Waals surface area contributed by atoms with Crippen molar-refractivity contribution in [1.82, 2.24) is 4.72 Å². The van der Waals surface area contributed by atoms with E-state index >= 15 is 0 Å². The van der Waals surface area contributed by atoms with Crippen LogP contribution in [0.1, 0.15) is 26.3 Å². The molecule has 1 aliphatic rings. The second-order valence-electron chi connectivity index (χ2n) is 5.34. The molecule has 6 nitrogen and oxygen atoms in total. The van der Waals surface area contributed by atoms with Crippen LogP contribution in [0.4, 0.5) is 23.2 Å².